The molecule has 1 aromatic rings. The average molecular weight is 314 g/mol. The monoisotopic (exact) mass is 313 g/mol. The molecule has 8 heteroatoms. The van der Waals surface area contributed by atoms with Gasteiger partial charge in [0.05, 0.1) is 11.6 Å². The number of halogens is 4. The molecule has 0 bridgehead atoms. The van der Waals surface area contributed by atoms with Crippen LogP contribution in [-0.4, -0.2) is 31.0 Å². The summed E-state index contributed by atoms with van der Waals surface area (Å²) in [5.41, 5.74) is 5.94. The second-order valence-electron chi connectivity index (χ2n) is 3.52. The van der Waals surface area contributed by atoms with Gasteiger partial charge >= 0.3 is 6.18 Å². The summed E-state index contributed by atoms with van der Waals surface area (Å²) in [6, 6.07) is 4.64. The molecule has 0 aliphatic carbocycles. The van der Waals surface area contributed by atoms with E-state index in [9.17, 15) is 13.2 Å². The molecule has 19 heavy (non-hydrogen) atoms. The van der Waals surface area contributed by atoms with Gasteiger partial charge in [-0.25, -0.2) is 0 Å². The number of hydrogen-bond acceptors (Lipinski definition) is 3. The molecule has 1 aromatic carbocycles. The van der Waals surface area contributed by atoms with Crippen LogP contribution in [0.15, 0.2) is 18.2 Å². The van der Waals surface area contributed by atoms with Gasteiger partial charge < -0.3 is 15.2 Å². The van der Waals surface area contributed by atoms with Gasteiger partial charge in [0, 0.05) is 5.56 Å². The van der Waals surface area contributed by atoms with Crippen LogP contribution in [0.4, 0.5) is 13.2 Å². The molecular weight excluding hydrogens is 303 g/mol. The van der Waals surface area contributed by atoms with E-state index in [0.29, 0.717) is 16.3 Å². The van der Waals surface area contributed by atoms with Crippen molar-refractivity contribution in [1.29, 1.82) is 0 Å². The predicted octanol–water partition coefficient (Wildman–Crippen LogP) is 2.93. The van der Waals surface area contributed by atoms with E-state index < -0.39 is 12.8 Å². The molecule has 0 radical (unpaired) electrons. The molecule has 0 atom stereocenters. The Morgan fingerprint density at radius 3 is 2.53 bits per heavy atom. The number of ether oxygens (including phenoxy) is 2. The van der Waals surface area contributed by atoms with Crippen molar-refractivity contribution < 1.29 is 22.6 Å². The summed E-state index contributed by atoms with van der Waals surface area (Å²) in [6.07, 6.45) is -4.33. The second kappa shape index (κ2) is 6.93. The summed E-state index contributed by atoms with van der Waals surface area (Å²) in [4.78, 5) is 0.157. The Kier molecular flexibility index (Phi) is 5.84. The molecule has 0 unspecified atom stereocenters. The normalized spacial score (nSPS) is 11.4. The minimum Gasteiger partial charge on any atom is -0.491 e. The highest BCUT2D eigenvalue weighted by atomic mass is 35.5. The van der Waals surface area contributed by atoms with E-state index in [4.69, 9.17) is 34.3 Å². The standard InChI is InChI=1S/C11H11ClF3NO2S/c12-9-5-7(1-2-8(9)10(16)19)18-4-3-17-6-11(13,14)15/h1-2,5H,3-4,6H2,(H2,16,19). The Morgan fingerprint density at radius 2 is 2.00 bits per heavy atom. The van der Waals surface area contributed by atoms with Crippen LogP contribution in [0.2, 0.25) is 5.02 Å². The molecule has 0 heterocycles. The fraction of sp³-hybridized carbons (Fsp3) is 0.364. The maximum absolute atomic E-state index is 11.8. The molecular formula is C11H11ClF3NO2S. The molecule has 0 spiro atoms. The number of alkyl halides is 3. The number of hydrogen-bond donors (Lipinski definition) is 1. The average Bonchev–Trinajstić information content (AvgIpc) is 2.26. The molecule has 3 nitrogen and oxygen atoms in total. The third-order valence-corrected chi connectivity index (χ3v) is 2.50. The molecule has 0 aliphatic heterocycles. The Bertz CT molecular complexity index is 454. The van der Waals surface area contributed by atoms with Crippen molar-refractivity contribution >= 4 is 28.8 Å². The minimum atomic E-state index is -4.33. The lowest BCUT2D eigenvalue weighted by Gasteiger charge is -2.10. The van der Waals surface area contributed by atoms with Crippen LogP contribution >= 0.6 is 23.8 Å². The first-order valence-electron chi connectivity index (χ1n) is 5.16. The first-order valence-corrected chi connectivity index (χ1v) is 5.95. The van der Waals surface area contributed by atoms with Crippen LogP contribution in [0.3, 0.4) is 0 Å². The van der Waals surface area contributed by atoms with Crippen LogP contribution in [0.1, 0.15) is 5.56 Å². The number of benzene rings is 1. The van der Waals surface area contributed by atoms with Crippen molar-refractivity contribution in [2.75, 3.05) is 19.8 Å². The molecule has 1 rings (SSSR count). The lowest BCUT2D eigenvalue weighted by Crippen LogP contribution is -2.19. The van der Waals surface area contributed by atoms with Crippen molar-refractivity contribution in [2.45, 2.75) is 6.18 Å². The van der Waals surface area contributed by atoms with Crippen LogP contribution in [0.25, 0.3) is 0 Å². The van der Waals surface area contributed by atoms with Crippen LogP contribution in [0.5, 0.6) is 5.75 Å². The SMILES string of the molecule is NC(=S)c1ccc(OCCOCC(F)(F)F)cc1Cl. The molecule has 2 N–H and O–H groups in total. The summed E-state index contributed by atoms with van der Waals surface area (Å²) in [5, 5.41) is 0.321. The van der Waals surface area contributed by atoms with Gasteiger partial charge in [-0.3, -0.25) is 0 Å². The van der Waals surface area contributed by atoms with Gasteiger partial charge in [-0.2, -0.15) is 13.2 Å². The first-order chi connectivity index (χ1) is 8.79. The highest BCUT2D eigenvalue weighted by molar-refractivity contribution is 7.80. The first kappa shape index (κ1) is 16.0. The topological polar surface area (TPSA) is 44.5 Å². The zero-order chi connectivity index (χ0) is 14.5. The Morgan fingerprint density at radius 1 is 1.32 bits per heavy atom. The van der Waals surface area contributed by atoms with Crippen molar-refractivity contribution in [3.63, 3.8) is 0 Å². The Balaban J connectivity index is 2.38. The summed E-state index contributed by atoms with van der Waals surface area (Å²) in [5.74, 6) is 0.403. The summed E-state index contributed by atoms with van der Waals surface area (Å²) in [6.45, 7) is -1.48. The van der Waals surface area contributed by atoms with Gasteiger partial charge in [0.1, 0.15) is 24.0 Å². The molecule has 0 aliphatic rings. The van der Waals surface area contributed by atoms with Crippen LogP contribution in [-0.2, 0) is 4.74 Å². The van der Waals surface area contributed by atoms with Crippen molar-refractivity contribution in [3.05, 3.63) is 28.8 Å². The third kappa shape index (κ3) is 6.09. The quantitative estimate of drug-likeness (QED) is 0.648. The van der Waals surface area contributed by atoms with Crippen molar-refractivity contribution in [1.82, 2.24) is 0 Å². The highest BCUT2D eigenvalue weighted by Gasteiger charge is 2.27. The fourth-order valence-corrected chi connectivity index (χ4v) is 1.70. The number of nitrogens with two attached hydrogens (primary N) is 1. The lowest BCUT2D eigenvalue weighted by molar-refractivity contribution is -0.175. The predicted molar refractivity (Wildman–Crippen MR) is 69.7 cm³/mol. The maximum atomic E-state index is 11.8. The molecule has 0 saturated carbocycles. The van der Waals surface area contributed by atoms with E-state index >= 15 is 0 Å². The summed E-state index contributed by atoms with van der Waals surface area (Å²) in [7, 11) is 0. The molecule has 0 saturated heterocycles. The van der Waals surface area contributed by atoms with E-state index in [-0.39, 0.29) is 18.2 Å². The third-order valence-electron chi connectivity index (χ3n) is 1.97. The van der Waals surface area contributed by atoms with Crippen LogP contribution < -0.4 is 10.5 Å². The Labute approximate surface area is 118 Å². The second-order valence-corrected chi connectivity index (χ2v) is 4.37. The minimum absolute atomic E-state index is 0.0151. The zero-order valence-corrected chi connectivity index (χ0v) is 11.2. The van der Waals surface area contributed by atoms with Crippen LogP contribution in [0, 0.1) is 0 Å². The van der Waals surface area contributed by atoms with E-state index in [1.807, 2.05) is 0 Å². The Hall–Kier alpha value is -1.05. The lowest BCUT2D eigenvalue weighted by atomic mass is 10.2. The maximum Gasteiger partial charge on any atom is 0.411 e. The number of thiocarbonyl (C=S) groups is 1. The molecule has 0 fully saturated rings. The largest absolute Gasteiger partial charge is 0.491 e. The summed E-state index contributed by atoms with van der Waals surface area (Å²) >= 11 is 10.7. The van der Waals surface area contributed by atoms with Gasteiger partial charge in [-0.05, 0) is 18.2 Å². The highest BCUT2D eigenvalue weighted by Crippen LogP contribution is 2.22. The molecule has 106 valence electrons. The van der Waals surface area contributed by atoms with Gasteiger partial charge in [-0.15, -0.1) is 0 Å². The van der Waals surface area contributed by atoms with Crippen molar-refractivity contribution in [3.8, 4) is 5.75 Å². The van der Waals surface area contributed by atoms with Crippen molar-refractivity contribution in [2.24, 2.45) is 5.73 Å². The van der Waals surface area contributed by atoms with E-state index in [0.717, 1.165) is 0 Å². The van der Waals surface area contributed by atoms with E-state index in [2.05, 4.69) is 4.74 Å². The fourth-order valence-electron chi connectivity index (χ4n) is 1.19. The smallest absolute Gasteiger partial charge is 0.411 e. The zero-order valence-electron chi connectivity index (χ0n) is 9.67. The molecule has 0 aromatic heterocycles. The number of rotatable bonds is 6. The van der Waals surface area contributed by atoms with E-state index in [1.54, 1.807) is 12.1 Å². The molecule has 0 amide bonds. The van der Waals surface area contributed by atoms with Gasteiger partial charge in [-0.1, -0.05) is 23.8 Å². The van der Waals surface area contributed by atoms with Gasteiger partial charge in [0.15, 0.2) is 0 Å². The van der Waals surface area contributed by atoms with Gasteiger partial charge in [0.2, 0.25) is 0 Å². The summed E-state index contributed by atoms with van der Waals surface area (Å²) < 4.78 is 44.9. The van der Waals surface area contributed by atoms with Gasteiger partial charge in [0.25, 0.3) is 0 Å². The van der Waals surface area contributed by atoms with E-state index in [1.165, 1.54) is 6.07 Å².